The Bertz CT molecular complexity index is 117. The molecule has 4 nitrogen and oxygen atoms in total. The summed E-state index contributed by atoms with van der Waals surface area (Å²) in [5, 5.41) is 17.7. The van der Waals surface area contributed by atoms with Gasteiger partial charge in [0.1, 0.15) is 6.10 Å². The number of hydrogen-bond acceptors (Lipinski definition) is 4. The smallest absolute Gasteiger partial charge is 0.157 e. The van der Waals surface area contributed by atoms with Crippen molar-refractivity contribution in [3.8, 4) is 0 Å². The first kappa shape index (κ1) is 8.93. The first-order valence-corrected chi connectivity index (χ1v) is 3.75. The van der Waals surface area contributed by atoms with Gasteiger partial charge in [-0.05, 0) is 6.42 Å². The zero-order chi connectivity index (χ0) is 8.27. The van der Waals surface area contributed by atoms with Crippen LogP contribution in [0.2, 0.25) is 0 Å². The second-order valence-corrected chi connectivity index (χ2v) is 2.67. The van der Waals surface area contributed by atoms with E-state index < -0.39 is 6.10 Å². The van der Waals surface area contributed by atoms with Crippen molar-refractivity contribution in [3.63, 3.8) is 0 Å². The summed E-state index contributed by atoms with van der Waals surface area (Å²) < 4.78 is 10.2. The predicted molar refractivity (Wildman–Crippen MR) is 38.0 cm³/mol. The maximum atomic E-state index is 9.14. The van der Waals surface area contributed by atoms with Crippen LogP contribution in [-0.2, 0) is 9.47 Å². The third-order valence-electron chi connectivity index (χ3n) is 1.89. The topological polar surface area (TPSA) is 58.9 Å². The summed E-state index contributed by atoms with van der Waals surface area (Å²) in [6, 6.07) is 0. The predicted octanol–water partition coefficient (Wildman–Crippen LogP) is -0.509. The molecule has 0 aromatic heterocycles. The van der Waals surface area contributed by atoms with Gasteiger partial charge in [-0.25, -0.2) is 0 Å². The van der Waals surface area contributed by atoms with E-state index in [1.54, 1.807) is 7.11 Å². The molecule has 0 radical (unpaired) electrons. The van der Waals surface area contributed by atoms with Crippen molar-refractivity contribution in [3.05, 3.63) is 0 Å². The molecule has 1 aliphatic rings. The molecule has 66 valence electrons. The van der Waals surface area contributed by atoms with E-state index in [4.69, 9.17) is 19.7 Å². The van der Waals surface area contributed by atoms with Gasteiger partial charge < -0.3 is 19.7 Å². The van der Waals surface area contributed by atoms with E-state index in [0.29, 0.717) is 0 Å². The molecule has 11 heavy (non-hydrogen) atoms. The third kappa shape index (κ3) is 2.13. The van der Waals surface area contributed by atoms with E-state index in [1.165, 1.54) is 0 Å². The molecule has 0 amide bonds. The first-order valence-electron chi connectivity index (χ1n) is 3.75. The van der Waals surface area contributed by atoms with Gasteiger partial charge in [-0.3, -0.25) is 0 Å². The molecular weight excluding hydrogens is 148 g/mol. The lowest BCUT2D eigenvalue weighted by Gasteiger charge is -2.16. The molecule has 4 heteroatoms. The number of methoxy groups -OCH3 is 1. The second kappa shape index (κ2) is 4.01. The Balaban J connectivity index is 2.29. The van der Waals surface area contributed by atoms with E-state index >= 15 is 0 Å². The Morgan fingerprint density at radius 2 is 2.36 bits per heavy atom. The van der Waals surface area contributed by atoms with Gasteiger partial charge >= 0.3 is 0 Å². The van der Waals surface area contributed by atoms with Gasteiger partial charge in [0.05, 0.1) is 12.7 Å². The fourth-order valence-corrected chi connectivity index (χ4v) is 1.21. The third-order valence-corrected chi connectivity index (χ3v) is 1.89. The Labute approximate surface area is 65.7 Å². The maximum Gasteiger partial charge on any atom is 0.157 e. The molecule has 1 aliphatic heterocycles. The molecule has 0 aliphatic carbocycles. The Morgan fingerprint density at radius 3 is 2.82 bits per heavy atom. The Morgan fingerprint density at radius 1 is 1.64 bits per heavy atom. The Kier molecular flexibility index (Phi) is 3.26. The van der Waals surface area contributed by atoms with E-state index in [-0.39, 0.29) is 19.0 Å². The van der Waals surface area contributed by atoms with Crippen molar-refractivity contribution in [1.29, 1.82) is 0 Å². The van der Waals surface area contributed by atoms with Gasteiger partial charge in [-0.1, -0.05) is 0 Å². The number of rotatable bonds is 3. The summed E-state index contributed by atoms with van der Waals surface area (Å²) in [6.45, 7) is -0.249. The average molecular weight is 162 g/mol. The lowest BCUT2D eigenvalue weighted by atomic mass is 10.1. The minimum atomic E-state index is -0.768. The van der Waals surface area contributed by atoms with Gasteiger partial charge in [-0.2, -0.15) is 0 Å². The summed E-state index contributed by atoms with van der Waals surface area (Å²) in [4.78, 5) is 0. The summed E-state index contributed by atoms with van der Waals surface area (Å²) >= 11 is 0. The summed E-state index contributed by atoms with van der Waals surface area (Å²) in [5.41, 5.74) is 0. The quantitative estimate of drug-likeness (QED) is 0.587. The number of aliphatic hydroxyl groups excluding tert-OH is 2. The number of ether oxygens (including phenoxy) is 2. The van der Waals surface area contributed by atoms with Crippen LogP contribution in [0.1, 0.15) is 12.8 Å². The molecule has 1 fully saturated rings. The van der Waals surface area contributed by atoms with Crippen molar-refractivity contribution in [2.45, 2.75) is 31.3 Å². The number of hydrogen-bond donors (Lipinski definition) is 2. The van der Waals surface area contributed by atoms with Crippen LogP contribution in [0.4, 0.5) is 0 Å². The van der Waals surface area contributed by atoms with Crippen molar-refractivity contribution < 1.29 is 19.7 Å². The standard InChI is InChI=1S/C7H14O4/c1-10-7-3-2-6(11-7)5(9)4-8/h5-9H,2-4H2,1H3/t5-,6+,7+/m1/s1. The highest BCUT2D eigenvalue weighted by Crippen LogP contribution is 2.22. The molecular formula is C7H14O4. The van der Waals surface area contributed by atoms with Gasteiger partial charge in [0, 0.05) is 13.5 Å². The number of aliphatic hydroxyl groups is 2. The van der Waals surface area contributed by atoms with E-state index in [1.807, 2.05) is 0 Å². The average Bonchev–Trinajstić information content (AvgIpc) is 2.50. The summed E-state index contributed by atoms with van der Waals surface area (Å²) in [7, 11) is 1.57. The lowest BCUT2D eigenvalue weighted by molar-refractivity contribution is -0.143. The largest absolute Gasteiger partial charge is 0.394 e. The molecule has 1 saturated heterocycles. The van der Waals surface area contributed by atoms with Gasteiger partial charge in [0.25, 0.3) is 0 Å². The molecule has 0 saturated carbocycles. The minimum Gasteiger partial charge on any atom is -0.394 e. The minimum absolute atomic E-state index is 0.207. The molecule has 1 rings (SSSR count). The molecule has 2 N–H and O–H groups in total. The van der Waals surface area contributed by atoms with Crippen molar-refractivity contribution in [1.82, 2.24) is 0 Å². The van der Waals surface area contributed by atoms with E-state index in [2.05, 4.69) is 0 Å². The SMILES string of the molecule is CO[C@@H]1CC[C@@H]([C@H](O)CO)O1. The highest BCUT2D eigenvalue weighted by atomic mass is 16.7. The van der Waals surface area contributed by atoms with Gasteiger partial charge in [0.15, 0.2) is 6.29 Å². The molecule has 0 bridgehead atoms. The van der Waals surface area contributed by atoms with Crippen LogP contribution in [0.15, 0.2) is 0 Å². The highest BCUT2D eigenvalue weighted by Gasteiger charge is 2.29. The molecule has 1 heterocycles. The Hall–Kier alpha value is -0.160. The summed E-state index contributed by atoms with van der Waals surface area (Å²) in [6.07, 6.45) is 0.305. The molecule has 3 atom stereocenters. The van der Waals surface area contributed by atoms with Crippen LogP contribution in [-0.4, -0.2) is 42.4 Å². The first-order chi connectivity index (χ1) is 5.27. The van der Waals surface area contributed by atoms with Gasteiger partial charge in [-0.15, -0.1) is 0 Å². The monoisotopic (exact) mass is 162 g/mol. The lowest BCUT2D eigenvalue weighted by Crippen LogP contribution is -2.29. The molecule has 0 unspecified atom stereocenters. The van der Waals surface area contributed by atoms with Crippen LogP contribution in [0.3, 0.4) is 0 Å². The van der Waals surface area contributed by atoms with Crippen LogP contribution in [0, 0.1) is 0 Å². The van der Waals surface area contributed by atoms with Crippen molar-refractivity contribution >= 4 is 0 Å². The van der Waals surface area contributed by atoms with Crippen molar-refractivity contribution in [2.75, 3.05) is 13.7 Å². The second-order valence-electron chi connectivity index (χ2n) is 2.67. The van der Waals surface area contributed by atoms with Crippen LogP contribution >= 0.6 is 0 Å². The summed E-state index contributed by atoms with van der Waals surface area (Å²) in [5.74, 6) is 0. The van der Waals surface area contributed by atoms with E-state index in [9.17, 15) is 0 Å². The van der Waals surface area contributed by atoms with Crippen LogP contribution < -0.4 is 0 Å². The zero-order valence-electron chi connectivity index (χ0n) is 6.56. The van der Waals surface area contributed by atoms with Crippen molar-refractivity contribution in [2.24, 2.45) is 0 Å². The fraction of sp³-hybridized carbons (Fsp3) is 1.00. The maximum absolute atomic E-state index is 9.14. The molecule has 0 spiro atoms. The fourth-order valence-electron chi connectivity index (χ4n) is 1.21. The van der Waals surface area contributed by atoms with Crippen LogP contribution in [0.25, 0.3) is 0 Å². The van der Waals surface area contributed by atoms with Crippen LogP contribution in [0.5, 0.6) is 0 Å². The highest BCUT2D eigenvalue weighted by molar-refractivity contribution is 4.74. The zero-order valence-corrected chi connectivity index (χ0v) is 6.56. The molecule has 0 aromatic carbocycles. The van der Waals surface area contributed by atoms with E-state index in [0.717, 1.165) is 12.8 Å². The van der Waals surface area contributed by atoms with Gasteiger partial charge in [0.2, 0.25) is 0 Å². The molecule has 0 aromatic rings. The normalized spacial score (nSPS) is 34.1.